The zero-order valence-electron chi connectivity index (χ0n) is 23.1. The summed E-state index contributed by atoms with van der Waals surface area (Å²) in [7, 11) is 0. The Morgan fingerprint density at radius 3 is 1.81 bits per heavy atom. The summed E-state index contributed by atoms with van der Waals surface area (Å²) >= 11 is 2.12. The maximum absolute atomic E-state index is 3.67. The Kier molecular flexibility index (Phi) is 12.9. The third-order valence-corrected chi connectivity index (χ3v) is 6.68. The van der Waals surface area contributed by atoms with E-state index < -0.39 is 0 Å². The van der Waals surface area contributed by atoms with Crippen molar-refractivity contribution < 1.29 is 44.8 Å². The largest absolute Gasteiger partial charge is 1.00 e. The van der Waals surface area contributed by atoms with Crippen molar-refractivity contribution >= 4 is 3.81 Å². The van der Waals surface area contributed by atoms with Crippen molar-refractivity contribution in [3.63, 3.8) is 0 Å². The maximum atomic E-state index is 3.67. The molecule has 0 amide bonds. The molecule has 0 heterocycles. The van der Waals surface area contributed by atoms with Crippen molar-refractivity contribution in [3.8, 4) is 11.1 Å². The van der Waals surface area contributed by atoms with Crippen molar-refractivity contribution in [2.75, 3.05) is 0 Å². The summed E-state index contributed by atoms with van der Waals surface area (Å²) in [6.45, 7) is 15.7. The van der Waals surface area contributed by atoms with E-state index in [0.29, 0.717) is 0 Å². The molecule has 37 heavy (non-hydrogen) atoms. The van der Waals surface area contributed by atoms with Crippen molar-refractivity contribution in [2.45, 2.75) is 65.7 Å². The third-order valence-electron chi connectivity index (χ3n) is 6.23. The predicted molar refractivity (Wildman–Crippen MR) is 149 cm³/mol. The van der Waals surface area contributed by atoms with Crippen LogP contribution in [0.15, 0.2) is 91.0 Å². The van der Waals surface area contributed by atoms with E-state index in [0.717, 1.165) is 6.42 Å². The number of halogens is 2. The summed E-state index contributed by atoms with van der Waals surface area (Å²) in [5, 5.41) is 0. The van der Waals surface area contributed by atoms with Crippen LogP contribution in [-0.2, 0) is 37.2 Å². The minimum Gasteiger partial charge on any atom is -1.00 e. The standard InChI is InChI=1S/C21H25.C8H8.C5H5.2ClH.Ti/c1-20(2,3)16-7-9-18-14(12-16)11-15-13-17(21(4,5)6)8-10-19(15)18;1-2-8-6-4-3-5-7-8;1-2-4-5-3-1;;;/h7-10,12H,11H2,1-6H3;3-7H,1H3;1-5H;2*1H;/q-1;;-1;;;+2/p-2. The molecule has 0 saturated carbocycles. The topological polar surface area (TPSA) is 0 Å². The molecule has 3 heteroatoms. The molecule has 0 N–H and O–H groups in total. The molecule has 0 radical (unpaired) electrons. The van der Waals surface area contributed by atoms with Crippen molar-refractivity contribution in [1.82, 2.24) is 0 Å². The van der Waals surface area contributed by atoms with Gasteiger partial charge in [-0.1, -0.05) is 65.3 Å². The molecular weight excluding hydrogens is 527 g/mol. The molecule has 0 atom stereocenters. The number of fused-ring (bicyclic) bond motifs is 3. The van der Waals surface area contributed by atoms with Gasteiger partial charge in [-0.25, -0.2) is 12.1 Å². The van der Waals surface area contributed by atoms with Gasteiger partial charge in [0.1, 0.15) is 0 Å². The molecule has 194 valence electrons. The molecule has 0 aliphatic heterocycles. The molecule has 5 rings (SSSR count). The first-order valence-corrected chi connectivity index (χ1v) is 13.2. The number of hydrogen-bond acceptors (Lipinski definition) is 0. The van der Waals surface area contributed by atoms with E-state index in [9.17, 15) is 0 Å². The van der Waals surface area contributed by atoms with Crippen LogP contribution in [0.2, 0.25) is 0 Å². The molecule has 0 bridgehead atoms. The van der Waals surface area contributed by atoms with Crippen LogP contribution in [0.1, 0.15) is 76.3 Å². The van der Waals surface area contributed by atoms with Gasteiger partial charge in [-0.05, 0) is 28.4 Å². The van der Waals surface area contributed by atoms with Crippen LogP contribution in [0.25, 0.3) is 11.1 Å². The van der Waals surface area contributed by atoms with Crippen molar-refractivity contribution in [3.05, 3.63) is 125 Å². The fraction of sp³-hybridized carbons (Fsp3) is 0.294. The first-order chi connectivity index (χ1) is 16.5. The third kappa shape index (κ3) is 9.45. The summed E-state index contributed by atoms with van der Waals surface area (Å²) in [6, 6.07) is 35.6. The van der Waals surface area contributed by atoms with Crippen molar-refractivity contribution in [2.24, 2.45) is 0 Å². The first-order valence-electron chi connectivity index (χ1n) is 12.4. The Bertz CT molecular complexity index is 1160. The average Bonchev–Trinajstić information content (AvgIpc) is 3.49. The molecule has 4 aromatic rings. The van der Waals surface area contributed by atoms with Gasteiger partial charge in [0.2, 0.25) is 0 Å². The van der Waals surface area contributed by atoms with Gasteiger partial charge in [-0.15, -0.1) is 11.1 Å². The molecule has 4 aromatic carbocycles. The summed E-state index contributed by atoms with van der Waals surface area (Å²) in [5.74, 6) is 0. The Morgan fingerprint density at radius 2 is 1.35 bits per heavy atom. The van der Waals surface area contributed by atoms with E-state index in [1.54, 1.807) is 0 Å². The Balaban J connectivity index is 0.000000354. The quantitative estimate of drug-likeness (QED) is 0.217. The van der Waals surface area contributed by atoms with Crippen LogP contribution in [0, 0.1) is 6.07 Å². The molecule has 0 aromatic heterocycles. The Morgan fingerprint density at radius 1 is 0.757 bits per heavy atom. The predicted octanol–water partition coefficient (Wildman–Crippen LogP) is 2.84. The normalized spacial score (nSPS) is 11.3. The number of rotatable bonds is 1. The summed E-state index contributed by atoms with van der Waals surface area (Å²) in [6.07, 6.45) is 1.03. The van der Waals surface area contributed by atoms with E-state index in [-0.39, 0.29) is 35.6 Å². The average molecular weight is 565 g/mol. The molecule has 0 nitrogen and oxygen atoms in total. The smallest absolute Gasteiger partial charge is 0.172 e. The Hall–Kier alpha value is -1.83. The monoisotopic (exact) mass is 564 g/mol. The van der Waals surface area contributed by atoms with Crippen LogP contribution >= 0.6 is 0 Å². The van der Waals surface area contributed by atoms with Crippen LogP contribution in [-0.4, -0.2) is 3.81 Å². The number of hydrogen-bond donors (Lipinski definition) is 0. The fourth-order valence-corrected chi connectivity index (χ4v) is 4.30. The van der Waals surface area contributed by atoms with Gasteiger partial charge >= 0.3 is 66.6 Å². The number of benzene rings is 3. The van der Waals surface area contributed by atoms with Gasteiger partial charge in [-0.2, -0.15) is 42.0 Å². The van der Waals surface area contributed by atoms with E-state index in [1.165, 1.54) is 42.8 Å². The molecule has 1 aliphatic rings. The molecule has 0 unspecified atom stereocenters. The van der Waals surface area contributed by atoms with E-state index in [1.807, 2.05) is 36.4 Å². The van der Waals surface area contributed by atoms with Crippen LogP contribution in [0.4, 0.5) is 0 Å². The van der Waals surface area contributed by atoms with Gasteiger partial charge in [0.25, 0.3) is 0 Å². The zero-order valence-corrected chi connectivity index (χ0v) is 26.2. The first kappa shape index (κ1) is 33.2. The van der Waals surface area contributed by atoms with Gasteiger partial charge in [0.05, 0.1) is 0 Å². The molecule has 0 saturated heterocycles. The van der Waals surface area contributed by atoms with Gasteiger partial charge in [0.15, 0.2) is 0 Å². The Labute approximate surface area is 249 Å². The minimum atomic E-state index is 0. The minimum absolute atomic E-state index is 0. The summed E-state index contributed by atoms with van der Waals surface area (Å²) < 4.78 is 1.37. The molecule has 1 aliphatic carbocycles. The van der Waals surface area contributed by atoms with Crippen LogP contribution in [0.3, 0.4) is 0 Å². The zero-order chi connectivity index (χ0) is 25.6. The second-order valence-electron chi connectivity index (χ2n) is 11.3. The fourth-order valence-electron chi connectivity index (χ4n) is 4.04. The molecule has 0 fully saturated rings. The molecular formula is C34H38Cl2Ti-2. The second-order valence-corrected chi connectivity index (χ2v) is 12.4. The van der Waals surface area contributed by atoms with Crippen molar-refractivity contribution in [1.29, 1.82) is 0 Å². The van der Waals surface area contributed by atoms with Gasteiger partial charge in [-0.3, -0.25) is 0 Å². The second kappa shape index (κ2) is 14.4. The SMILES string of the molecule is CC(C)(C)c1[c-]c2c(cc1)-c1ccc(C(C)(C)C)cc1C2.C[C](=[Ti+2])c1ccccc1.[Cl-].[Cl-].c1cc[cH-]c1. The molecule has 0 spiro atoms. The van der Waals surface area contributed by atoms with E-state index in [4.69, 9.17) is 0 Å². The summed E-state index contributed by atoms with van der Waals surface area (Å²) in [5.41, 5.74) is 10.0. The van der Waals surface area contributed by atoms with Crippen LogP contribution < -0.4 is 24.8 Å². The van der Waals surface area contributed by atoms with Gasteiger partial charge in [0, 0.05) is 0 Å². The maximum Gasteiger partial charge on any atom is -0.172 e. The van der Waals surface area contributed by atoms with Gasteiger partial charge < -0.3 is 24.8 Å². The van der Waals surface area contributed by atoms with E-state index in [2.05, 4.69) is 129 Å². The van der Waals surface area contributed by atoms with E-state index >= 15 is 0 Å². The summed E-state index contributed by atoms with van der Waals surface area (Å²) in [4.78, 5) is 0. The van der Waals surface area contributed by atoms with Crippen LogP contribution in [0.5, 0.6) is 0 Å².